The van der Waals surface area contributed by atoms with Crippen LogP contribution < -0.4 is 10.0 Å². The van der Waals surface area contributed by atoms with Gasteiger partial charge in [0.05, 0.1) is 29.6 Å². The quantitative estimate of drug-likeness (QED) is 0.507. The zero-order chi connectivity index (χ0) is 24.1. The van der Waals surface area contributed by atoms with Crippen molar-refractivity contribution in [3.8, 4) is 11.5 Å². The monoisotopic (exact) mass is 482 g/mol. The van der Waals surface area contributed by atoms with E-state index in [4.69, 9.17) is 4.42 Å². The number of para-hydroxylation sites is 1. The fraction of sp³-hybridized carbons (Fsp3) is 0.360. The highest BCUT2D eigenvalue weighted by molar-refractivity contribution is 7.91. The second-order valence-corrected chi connectivity index (χ2v) is 10.3. The number of piperidine rings is 1. The van der Waals surface area contributed by atoms with Crippen LogP contribution in [0.4, 0.5) is 5.69 Å². The predicted octanol–water partition coefficient (Wildman–Crippen LogP) is 3.69. The van der Waals surface area contributed by atoms with Gasteiger partial charge in [-0.1, -0.05) is 48.9 Å². The van der Waals surface area contributed by atoms with Crippen molar-refractivity contribution in [3.63, 3.8) is 0 Å². The molecule has 1 aromatic heterocycles. The van der Waals surface area contributed by atoms with E-state index in [2.05, 4.69) is 19.9 Å². The second-order valence-electron chi connectivity index (χ2n) is 8.62. The first-order valence-corrected chi connectivity index (χ1v) is 13.1. The second kappa shape index (κ2) is 10.4. The number of aryl methyl sites for hydroxylation is 1. The van der Waals surface area contributed by atoms with Crippen LogP contribution >= 0.6 is 0 Å². The van der Waals surface area contributed by atoms with Gasteiger partial charge in [-0.2, -0.15) is 0 Å². The fourth-order valence-corrected chi connectivity index (χ4v) is 5.37. The number of carbonyl (C=O) groups is 1. The van der Waals surface area contributed by atoms with Gasteiger partial charge in [-0.25, -0.2) is 13.4 Å². The molecule has 1 amide bonds. The molecule has 2 aromatic carbocycles. The molecule has 34 heavy (non-hydrogen) atoms. The van der Waals surface area contributed by atoms with Gasteiger partial charge in [-0.05, 0) is 51.1 Å². The molecule has 1 aliphatic rings. The summed E-state index contributed by atoms with van der Waals surface area (Å²) in [5.41, 5.74) is 2.23. The zero-order valence-electron chi connectivity index (χ0n) is 19.5. The topological polar surface area (TPSA) is 105 Å². The number of rotatable bonds is 8. The van der Waals surface area contributed by atoms with Crippen molar-refractivity contribution in [3.05, 3.63) is 71.6 Å². The lowest BCUT2D eigenvalue weighted by Crippen LogP contribution is -2.47. The molecule has 9 heteroatoms. The number of carbonyl (C=O) groups excluding carboxylic acids is 1. The first kappa shape index (κ1) is 24.0. The molecular formula is C25H30N4O4S. The van der Waals surface area contributed by atoms with Gasteiger partial charge < -0.3 is 9.73 Å². The lowest BCUT2D eigenvalue weighted by molar-refractivity contribution is -0.127. The van der Waals surface area contributed by atoms with Gasteiger partial charge in [-0.15, -0.1) is 0 Å². The van der Waals surface area contributed by atoms with Gasteiger partial charge in [0.15, 0.2) is 0 Å². The molecule has 0 bridgehead atoms. The first-order valence-electron chi connectivity index (χ1n) is 11.4. The number of sulfonamides is 1. The molecule has 0 radical (unpaired) electrons. The van der Waals surface area contributed by atoms with Crippen molar-refractivity contribution in [2.24, 2.45) is 0 Å². The van der Waals surface area contributed by atoms with Crippen molar-refractivity contribution in [1.29, 1.82) is 0 Å². The summed E-state index contributed by atoms with van der Waals surface area (Å²) in [7, 11) is -1.67. The number of hydrogen-bond donors (Lipinski definition) is 2. The maximum absolute atomic E-state index is 12.8. The van der Waals surface area contributed by atoms with Crippen molar-refractivity contribution in [1.82, 2.24) is 15.2 Å². The number of hydrogen-bond acceptors (Lipinski definition) is 6. The van der Waals surface area contributed by atoms with Crippen LogP contribution in [0.1, 0.15) is 36.3 Å². The number of benzene rings is 2. The maximum Gasteiger partial charge on any atom is 0.237 e. The highest BCUT2D eigenvalue weighted by atomic mass is 32.2. The highest BCUT2D eigenvalue weighted by Gasteiger charge is 2.26. The Labute approximate surface area is 200 Å². The molecular weight excluding hydrogens is 452 g/mol. The van der Waals surface area contributed by atoms with Crippen LogP contribution in [0, 0.1) is 6.92 Å². The van der Waals surface area contributed by atoms with E-state index in [0.717, 1.165) is 25.8 Å². The molecule has 8 nitrogen and oxygen atoms in total. The Hall–Kier alpha value is -3.17. The van der Waals surface area contributed by atoms with Gasteiger partial charge in [0, 0.05) is 0 Å². The van der Waals surface area contributed by atoms with Crippen LogP contribution in [0.2, 0.25) is 0 Å². The smallest absolute Gasteiger partial charge is 0.237 e. The number of nitrogens with zero attached hydrogens (tertiary/aromatic N) is 2. The lowest BCUT2D eigenvalue weighted by atomic mass is 10.0. The van der Waals surface area contributed by atoms with Gasteiger partial charge in [0.25, 0.3) is 0 Å². The van der Waals surface area contributed by atoms with Gasteiger partial charge >= 0.3 is 0 Å². The summed E-state index contributed by atoms with van der Waals surface area (Å²) in [6.45, 7) is 2.95. The Balaban J connectivity index is 1.48. The number of oxazole rings is 1. The minimum atomic E-state index is -3.64. The largest absolute Gasteiger partial charge is 0.441 e. The molecule has 2 N–H and O–H groups in total. The third kappa shape index (κ3) is 5.84. The van der Waals surface area contributed by atoms with Crippen molar-refractivity contribution in [2.45, 2.75) is 44.5 Å². The van der Waals surface area contributed by atoms with Crippen molar-refractivity contribution >= 4 is 21.6 Å². The SMILES string of the molecule is Cc1oc(-c2ccccc2NS(=O)(=O)Cc2ccccc2)nc1CNC(=O)C1CCCCN1C. The van der Waals surface area contributed by atoms with E-state index in [1.54, 1.807) is 55.5 Å². The fourth-order valence-electron chi connectivity index (χ4n) is 4.16. The van der Waals surface area contributed by atoms with E-state index in [1.165, 1.54) is 0 Å². The van der Waals surface area contributed by atoms with E-state index >= 15 is 0 Å². The number of likely N-dealkylation sites (N-methyl/N-ethyl adjacent to an activating group) is 1. The first-order chi connectivity index (χ1) is 16.3. The van der Waals surface area contributed by atoms with Crippen molar-refractivity contribution in [2.75, 3.05) is 18.3 Å². The average Bonchev–Trinajstić information content (AvgIpc) is 3.18. The van der Waals surface area contributed by atoms with Gasteiger partial charge in [-0.3, -0.25) is 14.4 Å². The summed E-state index contributed by atoms with van der Waals surface area (Å²) < 4.78 is 34.1. The molecule has 0 saturated carbocycles. The number of anilines is 1. The minimum Gasteiger partial charge on any atom is -0.441 e. The molecule has 0 spiro atoms. The van der Waals surface area contributed by atoms with E-state index in [9.17, 15) is 13.2 Å². The average molecular weight is 483 g/mol. The van der Waals surface area contributed by atoms with Crippen LogP contribution in [0.15, 0.2) is 59.0 Å². The number of nitrogens with one attached hydrogen (secondary N) is 2. The molecule has 1 saturated heterocycles. The molecule has 1 atom stereocenters. The summed E-state index contributed by atoms with van der Waals surface area (Å²) in [5.74, 6) is 0.726. The molecule has 0 aliphatic carbocycles. The molecule has 180 valence electrons. The summed E-state index contributed by atoms with van der Waals surface area (Å²) in [4.78, 5) is 19.3. The summed E-state index contributed by atoms with van der Waals surface area (Å²) in [5, 5.41) is 2.97. The molecule has 3 aromatic rings. The standard InChI is InChI=1S/C25H30N4O4S/c1-18-22(16-26-24(30)23-14-8-9-15-29(23)2)27-25(33-18)20-12-6-7-13-21(20)28-34(31,32)17-19-10-4-3-5-11-19/h3-7,10-13,23,28H,8-9,14-17H2,1-2H3,(H,26,30). The molecule has 2 heterocycles. The summed E-state index contributed by atoms with van der Waals surface area (Å²) in [6, 6.07) is 15.9. The van der Waals surface area contributed by atoms with Crippen LogP contribution in [0.5, 0.6) is 0 Å². The third-order valence-corrected chi connectivity index (χ3v) is 7.26. The van der Waals surface area contributed by atoms with Crippen LogP contribution in [-0.2, 0) is 27.1 Å². The predicted molar refractivity (Wildman–Crippen MR) is 131 cm³/mol. The Bertz CT molecular complexity index is 1240. The molecule has 1 unspecified atom stereocenters. The normalized spacial score (nSPS) is 16.8. The van der Waals surface area contributed by atoms with E-state index in [0.29, 0.717) is 34.2 Å². The zero-order valence-corrected chi connectivity index (χ0v) is 20.3. The van der Waals surface area contributed by atoms with Gasteiger partial charge in [0.1, 0.15) is 11.5 Å². The molecule has 1 fully saturated rings. The van der Waals surface area contributed by atoms with E-state index in [1.807, 2.05) is 13.1 Å². The Morgan fingerprint density at radius 1 is 1.12 bits per heavy atom. The van der Waals surface area contributed by atoms with Crippen LogP contribution in [-0.4, -0.2) is 43.8 Å². The lowest BCUT2D eigenvalue weighted by Gasteiger charge is -2.31. The van der Waals surface area contributed by atoms with Gasteiger partial charge in [0.2, 0.25) is 21.8 Å². The Morgan fingerprint density at radius 2 is 1.85 bits per heavy atom. The summed E-state index contributed by atoms with van der Waals surface area (Å²) >= 11 is 0. The maximum atomic E-state index is 12.8. The number of aromatic nitrogens is 1. The van der Waals surface area contributed by atoms with E-state index in [-0.39, 0.29) is 24.2 Å². The van der Waals surface area contributed by atoms with Crippen molar-refractivity contribution < 1.29 is 17.6 Å². The Morgan fingerprint density at radius 3 is 2.62 bits per heavy atom. The molecule has 4 rings (SSSR count). The summed E-state index contributed by atoms with van der Waals surface area (Å²) in [6.07, 6.45) is 3.01. The number of amides is 1. The third-order valence-electron chi connectivity index (χ3n) is 6.02. The Kier molecular flexibility index (Phi) is 7.33. The van der Waals surface area contributed by atoms with E-state index < -0.39 is 10.0 Å². The number of likely N-dealkylation sites (tertiary alicyclic amines) is 1. The van der Waals surface area contributed by atoms with Crippen LogP contribution in [0.3, 0.4) is 0 Å². The minimum absolute atomic E-state index is 0.0137. The highest BCUT2D eigenvalue weighted by Crippen LogP contribution is 2.30. The van der Waals surface area contributed by atoms with Crippen LogP contribution in [0.25, 0.3) is 11.5 Å². The molecule has 1 aliphatic heterocycles.